The van der Waals surface area contributed by atoms with Gasteiger partial charge in [-0.3, -0.25) is 0 Å². The Morgan fingerprint density at radius 1 is 1.27 bits per heavy atom. The number of rotatable bonds is 3. The van der Waals surface area contributed by atoms with Crippen molar-refractivity contribution in [3.8, 4) is 5.69 Å². The maximum atomic E-state index is 11.5. The Balaban J connectivity index is 2.05. The van der Waals surface area contributed by atoms with Crippen molar-refractivity contribution in [2.75, 3.05) is 0 Å². The van der Waals surface area contributed by atoms with E-state index in [9.17, 15) is 9.90 Å². The first-order valence-electron chi connectivity index (χ1n) is 7.32. The molecule has 1 aromatic carbocycles. The maximum absolute atomic E-state index is 11.5. The highest BCUT2D eigenvalue weighted by atomic mass is 16.4. The number of pyridine rings is 1. The zero-order valence-corrected chi connectivity index (χ0v) is 12.1. The number of benzene rings is 1. The predicted molar refractivity (Wildman–Crippen MR) is 79.9 cm³/mol. The summed E-state index contributed by atoms with van der Waals surface area (Å²) in [5, 5.41) is 16.6. The molecule has 0 saturated heterocycles. The first-order valence-corrected chi connectivity index (χ1v) is 7.32. The van der Waals surface area contributed by atoms with Gasteiger partial charge in [-0.05, 0) is 38.0 Å². The zero-order valence-electron chi connectivity index (χ0n) is 12.1. The number of aromatic nitrogens is 3. The number of carboxylic acid groups (broad SMARTS) is 1. The minimum absolute atomic E-state index is 0.187. The van der Waals surface area contributed by atoms with Crippen LogP contribution >= 0.6 is 0 Å². The lowest BCUT2D eigenvalue weighted by molar-refractivity contribution is -0.254. The Morgan fingerprint density at radius 3 is 2.64 bits per heavy atom. The second kappa shape index (κ2) is 4.66. The van der Waals surface area contributed by atoms with Gasteiger partial charge in [0.15, 0.2) is 5.65 Å². The average molecular weight is 292 g/mol. The fourth-order valence-corrected chi connectivity index (χ4v) is 2.81. The molecular weight excluding hydrogens is 278 g/mol. The van der Waals surface area contributed by atoms with Crippen LogP contribution in [0.25, 0.3) is 16.7 Å². The third-order valence-corrected chi connectivity index (χ3v) is 4.05. The quantitative estimate of drug-likeness (QED) is 0.740. The minimum atomic E-state index is -1.18. The number of carbonyl (C=O) groups excluding carboxylic acids is 1. The van der Waals surface area contributed by atoms with Crippen LogP contribution in [0.3, 0.4) is 0 Å². The molecule has 22 heavy (non-hydrogen) atoms. The molecular formula is C17H14N3O2-. The summed E-state index contributed by atoms with van der Waals surface area (Å²) in [5.41, 5.74) is 3.11. The van der Waals surface area contributed by atoms with Crippen LogP contribution in [0.15, 0.2) is 36.4 Å². The van der Waals surface area contributed by atoms with Crippen LogP contribution in [0.1, 0.15) is 40.5 Å². The van der Waals surface area contributed by atoms with Gasteiger partial charge in [-0.2, -0.15) is 5.10 Å². The summed E-state index contributed by atoms with van der Waals surface area (Å²) in [5.74, 6) is -0.813. The fourth-order valence-electron chi connectivity index (χ4n) is 2.81. The molecule has 0 aliphatic heterocycles. The van der Waals surface area contributed by atoms with Crippen molar-refractivity contribution in [2.24, 2.45) is 0 Å². The monoisotopic (exact) mass is 292 g/mol. The molecule has 110 valence electrons. The topological polar surface area (TPSA) is 70.8 Å². The Kier molecular flexibility index (Phi) is 2.76. The number of hydrogen-bond acceptors (Lipinski definition) is 4. The molecule has 0 radical (unpaired) electrons. The number of carboxylic acids is 1. The molecule has 2 aromatic heterocycles. The number of aryl methyl sites for hydroxylation is 1. The lowest BCUT2D eigenvalue weighted by Crippen LogP contribution is -2.23. The zero-order chi connectivity index (χ0) is 15.3. The maximum Gasteiger partial charge on any atom is 0.164 e. The van der Waals surface area contributed by atoms with Crippen molar-refractivity contribution < 1.29 is 9.90 Å². The predicted octanol–water partition coefficient (Wildman–Crippen LogP) is 1.97. The fraction of sp³-hybridized carbons (Fsp3) is 0.235. The van der Waals surface area contributed by atoms with E-state index in [2.05, 4.69) is 10.1 Å². The SMILES string of the molecule is Cc1nn(-c2ccccc2)c2nc(C3CC3)cc(C(=O)[O-])c12. The number of carbonyl (C=O) groups is 1. The van der Waals surface area contributed by atoms with E-state index in [1.54, 1.807) is 17.7 Å². The molecule has 2 heterocycles. The lowest BCUT2D eigenvalue weighted by atomic mass is 10.1. The van der Waals surface area contributed by atoms with Gasteiger partial charge in [0.05, 0.1) is 22.7 Å². The van der Waals surface area contributed by atoms with Crippen molar-refractivity contribution >= 4 is 17.0 Å². The first kappa shape index (κ1) is 13.0. The second-order valence-corrected chi connectivity index (χ2v) is 5.69. The van der Waals surface area contributed by atoms with Gasteiger partial charge in [-0.15, -0.1) is 0 Å². The molecule has 5 nitrogen and oxygen atoms in total. The normalized spacial score (nSPS) is 14.4. The summed E-state index contributed by atoms with van der Waals surface area (Å²) >= 11 is 0. The highest BCUT2D eigenvalue weighted by Gasteiger charge is 2.27. The van der Waals surface area contributed by atoms with Gasteiger partial charge in [0, 0.05) is 17.2 Å². The molecule has 0 amide bonds. The van der Waals surface area contributed by atoms with E-state index in [1.807, 2.05) is 30.3 Å². The van der Waals surface area contributed by atoms with E-state index < -0.39 is 5.97 Å². The summed E-state index contributed by atoms with van der Waals surface area (Å²) in [6, 6.07) is 11.3. The average Bonchev–Trinajstić information content (AvgIpc) is 3.32. The van der Waals surface area contributed by atoms with Crippen LogP contribution in [0.4, 0.5) is 0 Å². The molecule has 3 aromatic rings. The number of fused-ring (bicyclic) bond motifs is 1. The Morgan fingerprint density at radius 2 is 2.00 bits per heavy atom. The Labute approximate surface area is 127 Å². The lowest BCUT2D eigenvalue weighted by Gasteiger charge is -2.09. The van der Waals surface area contributed by atoms with E-state index in [-0.39, 0.29) is 5.56 Å². The van der Waals surface area contributed by atoms with Gasteiger partial charge in [-0.1, -0.05) is 18.2 Å². The smallest absolute Gasteiger partial charge is 0.164 e. The van der Waals surface area contributed by atoms with Crippen molar-refractivity contribution in [3.63, 3.8) is 0 Å². The molecule has 1 aliphatic rings. The summed E-state index contributed by atoms with van der Waals surface area (Å²) in [6.07, 6.45) is 2.12. The van der Waals surface area contributed by atoms with E-state index in [0.717, 1.165) is 24.2 Å². The van der Waals surface area contributed by atoms with Crippen molar-refractivity contribution in [2.45, 2.75) is 25.7 Å². The van der Waals surface area contributed by atoms with Crippen molar-refractivity contribution in [3.05, 3.63) is 53.3 Å². The van der Waals surface area contributed by atoms with Crippen LogP contribution < -0.4 is 5.11 Å². The molecule has 1 fully saturated rings. The Hall–Kier alpha value is -2.69. The molecule has 5 heteroatoms. The third kappa shape index (κ3) is 1.97. The number of para-hydroxylation sites is 1. The van der Waals surface area contributed by atoms with Gasteiger partial charge in [0.25, 0.3) is 0 Å². The van der Waals surface area contributed by atoms with Crippen LogP contribution in [-0.4, -0.2) is 20.7 Å². The van der Waals surface area contributed by atoms with Crippen molar-refractivity contribution in [1.82, 2.24) is 14.8 Å². The summed E-state index contributed by atoms with van der Waals surface area (Å²) in [6.45, 7) is 1.80. The van der Waals surface area contributed by atoms with Crippen LogP contribution in [0.5, 0.6) is 0 Å². The van der Waals surface area contributed by atoms with Crippen molar-refractivity contribution in [1.29, 1.82) is 0 Å². The molecule has 4 rings (SSSR count). The molecule has 0 unspecified atom stereocenters. The number of hydrogen-bond donors (Lipinski definition) is 0. The van der Waals surface area contributed by atoms with Crippen LogP contribution in [0, 0.1) is 6.92 Å². The number of aromatic carboxylic acids is 1. The first-order chi connectivity index (χ1) is 10.6. The van der Waals surface area contributed by atoms with Gasteiger partial charge in [-0.25, -0.2) is 9.67 Å². The summed E-state index contributed by atoms with van der Waals surface area (Å²) in [4.78, 5) is 16.2. The second-order valence-electron chi connectivity index (χ2n) is 5.69. The van der Waals surface area contributed by atoms with E-state index in [1.165, 1.54) is 0 Å². The largest absolute Gasteiger partial charge is 0.545 e. The van der Waals surface area contributed by atoms with E-state index in [0.29, 0.717) is 22.6 Å². The van der Waals surface area contributed by atoms with E-state index in [4.69, 9.17) is 0 Å². The van der Waals surface area contributed by atoms with Gasteiger partial charge in [0.1, 0.15) is 0 Å². The standard InChI is InChI=1S/C17H15N3O2/c1-10-15-13(17(21)22)9-14(11-7-8-11)18-16(15)20(19-10)12-5-3-2-4-6-12/h2-6,9,11H,7-8H2,1H3,(H,21,22)/p-1. The molecule has 0 N–H and O–H groups in total. The molecule has 0 bridgehead atoms. The highest BCUT2D eigenvalue weighted by Crippen LogP contribution is 2.40. The third-order valence-electron chi connectivity index (χ3n) is 4.05. The number of nitrogens with zero attached hydrogens (tertiary/aromatic N) is 3. The van der Waals surface area contributed by atoms with Crippen LogP contribution in [0.2, 0.25) is 0 Å². The molecule has 1 saturated carbocycles. The highest BCUT2D eigenvalue weighted by molar-refractivity contribution is 6.02. The summed E-state index contributed by atoms with van der Waals surface area (Å²) in [7, 11) is 0. The minimum Gasteiger partial charge on any atom is -0.545 e. The molecule has 1 aliphatic carbocycles. The molecule has 0 spiro atoms. The van der Waals surface area contributed by atoms with Gasteiger partial charge in [0.2, 0.25) is 0 Å². The van der Waals surface area contributed by atoms with Gasteiger partial charge >= 0.3 is 0 Å². The van der Waals surface area contributed by atoms with Gasteiger partial charge < -0.3 is 9.90 Å². The summed E-state index contributed by atoms with van der Waals surface area (Å²) < 4.78 is 1.71. The Bertz CT molecular complexity index is 880. The van der Waals surface area contributed by atoms with Crippen LogP contribution in [-0.2, 0) is 0 Å². The molecule has 0 atom stereocenters. The van der Waals surface area contributed by atoms with E-state index >= 15 is 0 Å².